The third kappa shape index (κ3) is 51.7. The highest BCUT2D eigenvalue weighted by atomic mass is 16.5. The zero-order valence-corrected chi connectivity index (χ0v) is 44.4. The van der Waals surface area contributed by atoms with Crippen molar-refractivity contribution >= 4 is 11.9 Å². The van der Waals surface area contributed by atoms with Crippen LogP contribution in [0.4, 0.5) is 0 Å². The van der Waals surface area contributed by atoms with Gasteiger partial charge in [0, 0.05) is 12.8 Å². The van der Waals surface area contributed by atoms with Gasteiger partial charge in [0.1, 0.15) is 0 Å². The zero-order valence-electron chi connectivity index (χ0n) is 44.4. The first kappa shape index (κ1) is 64.3. The van der Waals surface area contributed by atoms with Crippen molar-refractivity contribution in [1.29, 1.82) is 0 Å². The van der Waals surface area contributed by atoms with Gasteiger partial charge in [-0.1, -0.05) is 276 Å². The lowest BCUT2D eigenvalue weighted by atomic mass is 10.0. The number of nitrogens with one attached hydrogen (secondary N) is 1. The first-order valence-corrected chi connectivity index (χ1v) is 29.6. The van der Waals surface area contributed by atoms with Crippen LogP contribution in [0.1, 0.15) is 322 Å². The molecule has 3 N–H and O–H groups in total. The lowest BCUT2D eigenvalue weighted by Gasteiger charge is -2.20. The predicted molar refractivity (Wildman–Crippen MR) is 287 cm³/mol. The molecule has 0 fully saturated rings. The number of aliphatic hydroxyl groups excluding tert-OH is 2. The fraction of sp³-hybridized carbons (Fsp3) is 0.900. The Hall–Kier alpha value is -1.66. The molecule has 390 valence electrons. The van der Waals surface area contributed by atoms with Crippen molar-refractivity contribution in [1.82, 2.24) is 5.32 Å². The highest BCUT2D eigenvalue weighted by molar-refractivity contribution is 5.76. The average Bonchev–Trinajstić information content (AvgIpc) is 3.32. The molecule has 2 unspecified atom stereocenters. The van der Waals surface area contributed by atoms with E-state index in [1.165, 1.54) is 250 Å². The molecule has 0 aromatic rings. The topological polar surface area (TPSA) is 95.9 Å². The van der Waals surface area contributed by atoms with E-state index in [1.807, 2.05) is 6.08 Å². The van der Waals surface area contributed by atoms with Crippen LogP contribution in [0.15, 0.2) is 24.3 Å². The van der Waals surface area contributed by atoms with E-state index < -0.39 is 12.1 Å². The predicted octanol–water partition coefficient (Wildman–Crippen LogP) is 18.2. The molecule has 6 heteroatoms. The fourth-order valence-electron chi connectivity index (χ4n) is 9.16. The second-order valence-corrected chi connectivity index (χ2v) is 20.3. The van der Waals surface area contributed by atoms with Crippen LogP contribution in [-0.4, -0.2) is 47.4 Å². The van der Waals surface area contributed by atoms with E-state index in [4.69, 9.17) is 4.74 Å². The molecule has 2 atom stereocenters. The number of carbonyl (C=O) groups is 2. The van der Waals surface area contributed by atoms with Crippen LogP contribution < -0.4 is 5.32 Å². The van der Waals surface area contributed by atoms with E-state index in [1.54, 1.807) is 6.08 Å². The number of unbranched alkanes of at least 4 members (excludes halogenated alkanes) is 42. The van der Waals surface area contributed by atoms with E-state index >= 15 is 0 Å². The first-order valence-electron chi connectivity index (χ1n) is 29.6. The van der Waals surface area contributed by atoms with E-state index in [9.17, 15) is 19.8 Å². The number of hydrogen-bond donors (Lipinski definition) is 3. The summed E-state index contributed by atoms with van der Waals surface area (Å²) in [6.45, 7) is 4.90. The molecule has 0 radical (unpaired) electrons. The highest BCUT2D eigenvalue weighted by Gasteiger charge is 2.18. The van der Waals surface area contributed by atoms with Crippen molar-refractivity contribution in [3.8, 4) is 0 Å². The molecule has 0 spiro atoms. The number of carbonyl (C=O) groups excluding carboxylic acids is 2. The summed E-state index contributed by atoms with van der Waals surface area (Å²) in [5.41, 5.74) is 0. The van der Waals surface area contributed by atoms with Gasteiger partial charge >= 0.3 is 5.97 Å². The largest absolute Gasteiger partial charge is 0.466 e. The van der Waals surface area contributed by atoms with Crippen molar-refractivity contribution in [2.45, 2.75) is 334 Å². The zero-order chi connectivity index (χ0) is 47.9. The second-order valence-electron chi connectivity index (χ2n) is 20.3. The monoisotopic (exact) mass is 930 g/mol. The van der Waals surface area contributed by atoms with Crippen molar-refractivity contribution in [3.05, 3.63) is 24.3 Å². The molecule has 66 heavy (non-hydrogen) atoms. The Morgan fingerprint density at radius 3 is 1.08 bits per heavy atom. The SMILES string of the molecule is CCCCCCC/C=C\CCCCCCCC(=O)OCCCCCCCCCCCCCCCCCCCCCC(=O)NC(CO)C(O)/C=C/CCCCCCCCCCCCCCCC. The molecular formula is C60H115NO5. The van der Waals surface area contributed by atoms with Gasteiger partial charge in [-0.2, -0.15) is 0 Å². The maximum absolute atomic E-state index is 12.5. The number of esters is 1. The average molecular weight is 931 g/mol. The molecule has 0 bridgehead atoms. The minimum Gasteiger partial charge on any atom is -0.466 e. The minimum absolute atomic E-state index is 0.0000282. The van der Waals surface area contributed by atoms with Crippen LogP contribution in [0.5, 0.6) is 0 Å². The number of rotatable bonds is 55. The van der Waals surface area contributed by atoms with E-state index in [2.05, 4.69) is 31.3 Å². The van der Waals surface area contributed by atoms with Crippen LogP contribution in [0, 0.1) is 0 Å². The van der Waals surface area contributed by atoms with Crippen LogP contribution in [0.25, 0.3) is 0 Å². The minimum atomic E-state index is -0.846. The third-order valence-corrected chi connectivity index (χ3v) is 13.7. The van der Waals surface area contributed by atoms with Crippen molar-refractivity contribution < 1.29 is 24.5 Å². The summed E-state index contributed by atoms with van der Waals surface area (Å²) in [6, 6.07) is -0.630. The number of ether oxygens (including phenoxy) is 1. The van der Waals surface area contributed by atoms with Gasteiger partial charge in [-0.15, -0.1) is 0 Å². The fourth-order valence-corrected chi connectivity index (χ4v) is 9.16. The summed E-state index contributed by atoms with van der Waals surface area (Å²) in [4.78, 5) is 24.5. The number of hydrogen-bond acceptors (Lipinski definition) is 5. The number of amides is 1. The van der Waals surface area contributed by atoms with Gasteiger partial charge in [-0.25, -0.2) is 0 Å². The second kappa shape index (κ2) is 55.9. The molecule has 0 heterocycles. The first-order chi connectivity index (χ1) is 32.5. The summed E-state index contributed by atoms with van der Waals surface area (Å²) in [5, 5.41) is 23.1. The summed E-state index contributed by atoms with van der Waals surface area (Å²) in [7, 11) is 0. The van der Waals surface area contributed by atoms with E-state index in [0.29, 0.717) is 19.4 Å². The molecule has 0 aromatic heterocycles. The Kier molecular flexibility index (Phi) is 54.5. The Morgan fingerprint density at radius 2 is 0.712 bits per heavy atom. The van der Waals surface area contributed by atoms with Crippen molar-refractivity contribution in [2.75, 3.05) is 13.2 Å². The Morgan fingerprint density at radius 1 is 0.409 bits per heavy atom. The van der Waals surface area contributed by atoms with Gasteiger partial charge in [0.2, 0.25) is 5.91 Å². The van der Waals surface area contributed by atoms with Gasteiger partial charge in [0.15, 0.2) is 0 Å². The molecule has 0 aliphatic heterocycles. The number of aliphatic hydroxyl groups is 2. The van der Waals surface area contributed by atoms with E-state index in [-0.39, 0.29) is 18.5 Å². The molecular weight excluding hydrogens is 815 g/mol. The normalized spacial score (nSPS) is 12.7. The van der Waals surface area contributed by atoms with Gasteiger partial charge in [0.25, 0.3) is 0 Å². The third-order valence-electron chi connectivity index (χ3n) is 13.7. The molecule has 1 amide bonds. The van der Waals surface area contributed by atoms with Crippen LogP contribution in [0.2, 0.25) is 0 Å². The summed E-state index contributed by atoms with van der Waals surface area (Å²) in [6.07, 6.45) is 67.7. The Bertz CT molecular complexity index is 1030. The Balaban J connectivity index is 3.43. The maximum Gasteiger partial charge on any atom is 0.305 e. The van der Waals surface area contributed by atoms with Crippen LogP contribution in [0.3, 0.4) is 0 Å². The lowest BCUT2D eigenvalue weighted by molar-refractivity contribution is -0.143. The van der Waals surface area contributed by atoms with Crippen LogP contribution in [-0.2, 0) is 14.3 Å². The van der Waals surface area contributed by atoms with Gasteiger partial charge in [0.05, 0.1) is 25.4 Å². The molecule has 0 aliphatic carbocycles. The van der Waals surface area contributed by atoms with Crippen molar-refractivity contribution in [3.63, 3.8) is 0 Å². The molecule has 0 saturated heterocycles. The Labute approximate surface area is 411 Å². The summed E-state index contributed by atoms with van der Waals surface area (Å²) >= 11 is 0. The molecule has 0 aliphatic rings. The maximum atomic E-state index is 12.5. The lowest BCUT2D eigenvalue weighted by Crippen LogP contribution is -2.45. The molecule has 0 rings (SSSR count). The van der Waals surface area contributed by atoms with Gasteiger partial charge < -0.3 is 20.3 Å². The van der Waals surface area contributed by atoms with E-state index in [0.717, 1.165) is 44.9 Å². The standard InChI is InChI=1S/C60H115NO5/c1-3-5-7-9-11-13-15-17-19-25-28-32-36-40-44-48-52-58(63)57(56-62)61-59(64)53-49-45-41-37-33-29-26-23-21-20-22-24-27-31-35-39-43-47-51-55-66-60(65)54-50-46-42-38-34-30-18-16-14-12-10-8-6-4-2/h16,18,48,52,57-58,62-63H,3-15,17,19-47,49-51,53-56H2,1-2H3,(H,61,64)/b18-16-,52-48+. The smallest absolute Gasteiger partial charge is 0.305 e. The highest BCUT2D eigenvalue weighted by Crippen LogP contribution is 2.17. The molecule has 6 nitrogen and oxygen atoms in total. The number of allylic oxidation sites excluding steroid dienone is 3. The van der Waals surface area contributed by atoms with Crippen LogP contribution >= 0.6 is 0 Å². The summed E-state index contributed by atoms with van der Waals surface area (Å²) < 4.78 is 5.47. The molecule has 0 saturated carbocycles. The van der Waals surface area contributed by atoms with Gasteiger partial charge in [-0.05, 0) is 57.8 Å². The molecule has 0 aromatic carbocycles. The van der Waals surface area contributed by atoms with Crippen molar-refractivity contribution in [2.24, 2.45) is 0 Å². The van der Waals surface area contributed by atoms with Gasteiger partial charge in [-0.3, -0.25) is 9.59 Å². The quantitative estimate of drug-likeness (QED) is 0.0321. The summed E-state index contributed by atoms with van der Waals surface area (Å²) in [5.74, 6) is -0.0693.